The zero-order valence-corrected chi connectivity index (χ0v) is 28.4. The number of fused-ring (bicyclic) bond motifs is 3. The number of ketones is 1. The van der Waals surface area contributed by atoms with Crippen molar-refractivity contribution in [2.24, 2.45) is 34.6 Å². The molecular weight excluding hydrogens is 582 g/mol. The highest BCUT2D eigenvalue weighted by Gasteiger charge is 2.37. The van der Waals surface area contributed by atoms with Crippen molar-refractivity contribution in [3.63, 3.8) is 0 Å². The van der Waals surface area contributed by atoms with Crippen molar-refractivity contribution in [3.05, 3.63) is 17.7 Å². The molecule has 0 aromatic heterocycles. The maximum atomic E-state index is 13.6. The minimum absolute atomic E-state index is 0.0703. The SMILES string of the molecule is CCC1CCC(OC(C)=O)CC(=O)CC(C2CCC(O)C(OC)C2)C#CCNC2CC(CC[NH2+]2)C(CCCO)CC2=CN=C[C+]2C1. The number of hydrogen-bond acceptors (Lipinski definition) is 8. The van der Waals surface area contributed by atoms with Crippen molar-refractivity contribution < 1.29 is 34.6 Å². The lowest BCUT2D eigenvalue weighted by Crippen LogP contribution is -2.95. The number of carbonyl (C=O) groups is 2. The molecule has 0 radical (unpaired) electrons. The average Bonchev–Trinajstić information content (AvgIpc) is 3.48. The van der Waals surface area contributed by atoms with E-state index >= 15 is 0 Å². The number of quaternary nitrogens is 1. The van der Waals surface area contributed by atoms with Crippen LogP contribution < -0.4 is 10.6 Å². The number of hydrogen-bond donors (Lipinski definition) is 4. The number of Topliss-reactive ketones (excluding diaryl/α,β-unsaturated/α-hetero) is 1. The third kappa shape index (κ3) is 11.2. The zero-order chi connectivity index (χ0) is 32.9. The van der Waals surface area contributed by atoms with Gasteiger partial charge in [-0.2, -0.15) is 0 Å². The third-order valence-electron chi connectivity index (χ3n) is 10.9. The second-order valence-electron chi connectivity index (χ2n) is 14.2. The van der Waals surface area contributed by atoms with E-state index in [1.807, 2.05) is 12.4 Å². The summed E-state index contributed by atoms with van der Waals surface area (Å²) in [5.74, 6) is 9.32. The van der Waals surface area contributed by atoms with Crippen LogP contribution in [0.3, 0.4) is 0 Å². The second kappa shape index (κ2) is 18.9. The summed E-state index contributed by atoms with van der Waals surface area (Å²) in [6.07, 6.45) is 14.2. The number of methoxy groups -OCH3 is 1. The smallest absolute Gasteiger partial charge is 0.302 e. The fraction of sp³-hybridized carbons (Fsp3) is 0.784. The first-order chi connectivity index (χ1) is 22.3. The number of aliphatic hydroxyl groups excluding tert-OH is 2. The van der Waals surface area contributed by atoms with E-state index in [9.17, 15) is 19.8 Å². The number of ether oxygens (including phenoxy) is 2. The van der Waals surface area contributed by atoms with Crippen LogP contribution in [0.15, 0.2) is 16.8 Å². The number of piperidine rings is 1. The first-order valence-corrected chi connectivity index (χ1v) is 17.9. The van der Waals surface area contributed by atoms with Gasteiger partial charge < -0.3 is 25.0 Å². The van der Waals surface area contributed by atoms with Gasteiger partial charge in [0.1, 0.15) is 35.8 Å². The standard InChI is InChI=1S/C37H58N3O6/c1-4-26-9-11-34(46-25(2)42)22-33(43)19-28(29-10-12-35(44)36(20-29)45-3)7-5-14-39-37-21-30(13-15-40-37)27(8-6-16-41)18-32-24-38-23-31(32)17-26/h23-24,26-30,34-37,39-41,44H,4,6,8-22H2,1-3H3/q+1/p+1. The number of nitrogens with two attached hydrogens (primary N) is 1. The number of nitrogens with one attached hydrogen (secondary N) is 1. The Morgan fingerprint density at radius 2 is 2.00 bits per heavy atom. The predicted octanol–water partition coefficient (Wildman–Crippen LogP) is 3.48. The lowest BCUT2D eigenvalue weighted by molar-refractivity contribution is -0.705. The van der Waals surface area contributed by atoms with Crippen LogP contribution in [0.5, 0.6) is 0 Å². The van der Waals surface area contributed by atoms with E-state index in [-0.39, 0.29) is 48.9 Å². The Bertz CT molecular complexity index is 1100. The third-order valence-corrected chi connectivity index (χ3v) is 10.9. The maximum Gasteiger partial charge on any atom is 0.302 e. The van der Waals surface area contributed by atoms with Crippen LogP contribution in [-0.2, 0) is 19.1 Å². The summed E-state index contributed by atoms with van der Waals surface area (Å²) >= 11 is 0. The van der Waals surface area contributed by atoms with Crippen molar-refractivity contribution in [1.29, 1.82) is 0 Å². The van der Waals surface area contributed by atoms with Gasteiger partial charge in [0.25, 0.3) is 0 Å². The molecule has 9 heteroatoms. The van der Waals surface area contributed by atoms with E-state index in [4.69, 9.17) is 9.47 Å². The average molecular weight is 642 g/mol. The van der Waals surface area contributed by atoms with Gasteiger partial charge in [-0.1, -0.05) is 25.2 Å². The molecule has 9 unspecified atom stereocenters. The highest BCUT2D eigenvalue weighted by Crippen LogP contribution is 2.38. The molecule has 0 aromatic rings. The number of aliphatic imine (C=N–C) groups is 1. The zero-order valence-electron chi connectivity index (χ0n) is 28.4. The molecule has 1 saturated heterocycles. The number of carbonyl (C=O) groups excluding carboxylic acids is 2. The summed E-state index contributed by atoms with van der Waals surface area (Å²) < 4.78 is 11.3. The molecule has 3 heterocycles. The van der Waals surface area contributed by atoms with Gasteiger partial charge in [0.05, 0.1) is 25.3 Å². The molecule has 4 aliphatic rings. The van der Waals surface area contributed by atoms with E-state index < -0.39 is 12.2 Å². The van der Waals surface area contributed by atoms with Gasteiger partial charge in [0.15, 0.2) is 6.20 Å². The van der Waals surface area contributed by atoms with Crippen LogP contribution in [0.25, 0.3) is 0 Å². The molecule has 0 aromatic carbocycles. The molecule has 9 nitrogen and oxygen atoms in total. The molecule has 256 valence electrons. The van der Waals surface area contributed by atoms with E-state index in [2.05, 4.69) is 34.4 Å². The molecule has 1 saturated carbocycles. The second-order valence-corrected chi connectivity index (χ2v) is 14.2. The normalized spacial score (nSPS) is 35.0. The van der Waals surface area contributed by atoms with Crippen molar-refractivity contribution in [2.75, 3.05) is 26.8 Å². The van der Waals surface area contributed by atoms with Crippen LogP contribution >= 0.6 is 0 Å². The van der Waals surface area contributed by atoms with Gasteiger partial charge >= 0.3 is 5.97 Å². The van der Waals surface area contributed by atoms with Gasteiger partial charge in [0.2, 0.25) is 0 Å². The molecule has 2 bridgehead atoms. The molecule has 2 fully saturated rings. The summed E-state index contributed by atoms with van der Waals surface area (Å²) in [6, 6.07) is 0. The Kier molecular flexibility index (Phi) is 15.1. The maximum absolute atomic E-state index is 13.6. The fourth-order valence-electron chi connectivity index (χ4n) is 8.20. The molecule has 4 rings (SSSR count). The van der Waals surface area contributed by atoms with Crippen molar-refractivity contribution in [1.82, 2.24) is 5.32 Å². The van der Waals surface area contributed by atoms with Crippen LogP contribution in [0.2, 0.25) is 0 Å². The summed E-state index contributed by atoms with van der Waals surface area (Å²) in [5.41, 5.74) is 1.32. The summed E-state index contributed by atoms with van der Waals surface area (Å²) in [7, 11) is 1.63. The Balaban J connectivity index is 1.56. The number of aliphatic hydroxyl groups is 2. The lowest BCUT2D eigenvalue weighted by Gasteiger charge is -2.35. The molecule has 46 heavy (non-hydrogen) atoms. The largest absolute Gasteiger partial charge is 0.462 e. The van der Waals surface area contributed by atoms with Crippen molar-refractivity contribution in [2.45, 2.75) is 128 Å². The van der Waals surface area contributed by atoms with Crippen LogP contribution in [-0.4, -0.2) is 79.5 Å². The molecular formula is C37H59N3O6+2. The summed E-state index contributed by atoms with van der Waals surface area (Å²) in [6.45, 7) is 5.46. The van der Waals surface area contributed by atoms with E-state index in [1.54, 1.807) is 7.11 Å². The monoisotopic (exact) mass is 641 g/mol. The van der Waals surface area contributed by atoms with Crippen LogP contribution in [0.1, 0.15) is 104 Å². The van der Waals surface area contributed by atoms with Crippen molar-refractivity contribution >= 4 is 18.0 Å². The summed E-state index contributed by atoms with van der Waals surface area (Å²) in [4.78, 5) is 30.2. The van der Waals surface area contributed by atoms with Gasteiger partial charge in [-0.25, -0.2) is 0 Å². The van der Waals surface area contributed by atoms with E-state index in [0.29, 0.717) is 50.0 Å². The highest BCUT2D eigenvalue weighted by atomic mass is 16.5. The minimum Gasteiger partial charge on any atom is -0.462 e. The minimum atomic E-state index is -0.491. The Morgan fingerprint density at radius 1 is 1.15 bits per heavy atom. The molecule has 0 spiro atoms. The van der Waals surface area contributed by atoms with E-state index in [0.717, 1.165) is 64.3 Å². The number of nitrogens with zero attached hydrogens (tertiary/aromatic N) is 1. The number of esters is 1. The molecule has 5 N–H and O–H groups in total. The molecule has 3 aliphatic heterocycles. The molecule has 9 atom stereocenters. The molecule has 1 aliphatic carbocycles. The first-order valence-electron chi connectivity index (χ1n) is 17.9. The van der Waals surface area contributed by atoms with Gasteiger partial charge in [0, 0.05) is 58.7 Å². The predicted molar refractivity (Wildman–Crippen MR) is 178 cm³/mol. The Morgan fingerprint density at radius 3 is 2.76 bits per heavy atom. The Hall–Kier alpha value is -2.22. The first kappa shape index (κ1) is 36.6. The topological polar surface area (TPSA) is 134 Å². The van der Waals surface area contributed by atoms with E-state index in [1.165, 1.54) is 18.4 Å². The van der Waals surface area contributed by atoms with Crippen LogP contribution in [0, 0.1) is 47.3 Å². The van der Waals surface area contributed by atoms with Gasteiger partial charge in [-0.15, -0.1) is 4.99 Å². The highest BCUT2D eigenvalue weighted by molar-refractivity contribution is 5.83. The number of allylic oxidation sites excluding steroid dienone is 1. The lowest BCUT2D eigenvalue weighted by atomic mass is 9.75. The van der Waals surface area contributed by atoms with Crippen LogP contribution in [0.4, 0.5) is 0 Å². The number of rotatable bonds is 7. The van der Waals surface area contributed by atoms with Gasteiger partial charge in [-0.05, 0) is 75.0 Å². The Labute approximate surface area is 276 Å². The quantitative estimate of drug-likeness (QED) is 0.190. The fourth-order valence-corrected chi connectivity index (χ4v) is 8.20. The van der Waals surface area contributed by atoms with Crippen molar-refractivity contribution in [3.8, 4) is 11.8 Å². The van der Waals surface area contributed by atoms with Gasteiger partial charge in [-0.3, -0.25) is 14.9 Å². The molecule has 0 amide bonds. The summed E-state index contributed by atoms with van der Waals surface area (Å²) in [5, 5.41) is 26.2.